The molecule has 0 amide bonds. The van der Waals surface area contributed by atoms with E-state index in [0.29, 0.717) is 0 Å². The van der Waals surface area contributed by atoms with Gasteiger partial charge in [0, 0.05) is 0 Å². The molecule has 0 aromatic heterocycles. The Morgan fingerprint density at radius 2 is 1.85 bits per heavy atom. The van der Waals surface area contributed by atoms with Crippen molar-refractivity contribution in [2.75, 3.05) is 13.3 Å². The van der Waals surface area contributed by atoms with Crippen LogP contribution in [0.3, 0.4) is 0 Å². The van der Waals surface area contributed by atoms with Crippen molar-refractivity contribution in [3.8, 4) is 5.75 Å². The lowest BCUT2D eigenvalue weighted by molar-refractivity contribution is 0.415. The molecule has 13 heavy (non-hydrogen) atoms. The van der Waals surface area contributed by atoms with Gasteiger partial charge in [0.1, 0.15) is 5.75 Å². The number of hydrogen-bond acceptors (Lipinski definition) is 1. The Kier molecular flexibility index (Phi) is 4.24. The molecule has 0 saturated heterocycles. The maximum Gasteiger partial charge on any atom is 0.118 e. The third-order valence-corrected chi connectivity index (χ3v) is 3.57. The molecule has 1 rings (SSSR count). The van der Waals surface area contributed by atoms with Crippen molar-refractivity contribution in [2.45, 2.75) is 13.8 Å². The Hall–Kier alpha value is -0.550. The molecule has 0 spiro atoms. The van der Waals surface area contributed by atoms with Crippen LogP contribution in [0.15, 0.2) is 24.3 Å². The van der Waals surface area contributed by atoms with Crippen molar-refractivity contribution in [2.24, 2.45) is 5.92 Å². The minimum atomic E-state index is 0.792. The molecule has 1 nitrogen and oxygen atoms in total. The zero-order chi connectivity index (χ0) is 9.68. The standard InChI is InChI=1S/C11H17OP/c1-9(2)8-13-11-6-4-10(12-3)5-7-11/h4-7,9,13H,8H2,1-3H3. The molecule has 0 aliphatic rings. The van der Waals surface area contributed by atoms with Gasteiger partial charge >= 0.3 is 0 Å². The van der Waals surface area contributed by atoms with Gasteiger partial charge in [0.25, 0.3) is 0 Å². The molecular formula is C11H17OP. The van der Waals surface area contributed by atoms with Gasteiger partial charge in [-0.25, -0.2) is 0 Å². The summed E-state index contributed by atoms with van der Waals surface area (Å²) in [7, 11) is 2.63. The lowest BCUT2D eigenvalue weighted by Gasteiger charge is -2.05. The first-order valence-corrected chi connectivity index (χ1v) is 5.81. The lowest BCUT2D eigenvalue weighted by atomic mass is 10.3. The predicted octanol–water partition coefficient (Wildman–Crippen LogP) is 2.66. The smallest absolute Gasteiger partial charge is 0.118 e. The van der Waals surface area contributed by atoms with Gasteiger partial charge in [0.05, 0.1) is 7.11 Å². The second-order valence-corrected chi connectivity index (χ2v) is 4.84. The minimum Gasteiger partial charge on any atom is -0.497 e. The summed E-state index contributed by atoms with van der Waals surface area (Å²) in [5.74, 6) is 1.73. The van der Waals surface area contributed by atoms with Gasteiger partial charge in [-0.05, 0) is 29.5 Å². The fourth-order valence-electron chi connectivity index (χ4n) is 1.03. The largest absolute Gasteiger partial charge is 0.497 e. The molecular weight excluding hydrogens is 179 g/mol. The van der Waals surface area contributed by atoms with Gasteiger partial charge in [0.2, 0.25) is 0 Å². The van der Waals surface area contributed by atoms with Crippen LogP contribution in [-0.4, -0.2) is 13.3 Å². The second-order valence-electron chi connectivity index (χ2n) is 3.50. The average Bonchev–Trinajstić information content (AvgIpc) is 2.15. The summed E-state index contributed by atoms with van der Waals surface area (Å²) >= 11 is 0. The van der Waals surface area contributed by atoms with Crippen molar-refractivity contribution in [1.29, 1.82) is 0 Å². The molecule has 0 heterocycles. The fourth-order valence-corrected chi connectivity index (χ4v) is 2.08. The van der Waals surface area contributed by atoms with Crippen LogP contribution in [0.2, 0.25) is 0 Å². The van der Waals surface area contributed by atoms with E-state index < -0.39 is 0 Å². The van der Waals surface area contributed by atoms with Crippen LogP contribution in [0.5, 0.6) is 5.75 Å². The molecule has 2 heteroatoms. The summed E-state index contributed by atoms with van der Waals surface area (Å²) in [5.41, 5.74) is 0. The average molecular weight is 196 g/mol. The minimum absolute atomic E-state index is 0.792. The Morgan fingerprint density at radius 1 is 1.23 bits per heavy atom. The van der Waals surface area contributed by atoms with Crippen molar-refractivity contribution < 1.29 is 4.74 Å². The van der Waals surface area contributed by atoms with Crippen LogP contribution in [0.4, 0.5) is 0 Å². The SMILES string of the molecule is COc1ccc(PCC(C)C)cc1. The summed E-state index contributed by atoms with van der Waals surface area (Å²) in [5, 5.41) is 1.43. The van der Waals surface area contributed by atoms with Gasteiger partial charge in [-0.2, -0.15) is 0 Å². The Balaban J connectivity index is 2.49. The normalized spacial score (nSPS) is 11.4. The molecule has 1 aromatic carbocycles. The molecule has 1 unspecified atom stereocenters. The number of methoxy groups -OCH3 is 1. The summed E-state index contributed by atoms with van der Waals surface area (Å²) in [6.07, 6.45) is 1.28. The molecule has 1 atom stereocenters. The molecule has 0 fully saturated rings. The summed E-state index contributed by atoms with van der Waals surface area (Å²) < 4.78 is 5.10. The van der Waals surface area contributed by atoms with E-state index in [1.807, 2.05) is 12.1 Å². The number of hydrogen-bond donors (Lipinski definition) is 0. The Bertz CT molecular complexity index is 241. The highest BCUT2D eigenvalue weighted by Crippen LogP contribution is 2.16. The van der Waals surface area contributed by atoms with Gasteiger partial charge in [0.15, 0.2) is 0 Å². The van der Waals surface area contributed by atoms with E-state index in [9.17, 15) is 0 Å². The number of benzene rings is 1. The monoisotopic (exact) mass is 196 g/mol. The van der Waals surface area contributed by atoms with Crippen LogP contribution in [0, 0.1) is 5.92 Å². The van der Waals surface area contributed by atoms with Gasteiger partial charge < -0.3 is 4.74 Å². The molecule has 72 valence electrons. The van der Waals surface area contributed by atoms with E-state index >= 15 is 0 Å². The van der Waals surface area contributed by atoms with Crippen molar-refractivity contribution >= 4 is 13.9 Å². The van der Waals surface area contributed by atoms with Crippen LogP contribution in [0.1, 0.15) is 13.8 Å². The maximum absolute atomic E-state index is 5.10. The van der Waals surface area contributed by atoms with Gasteiger partial charge in [-0.3, -0.25) is 0 Å². The van der Waals surface area contributed by atoms with E-state index in [4.69, 9.17) is 4.74 Å². The second kappa shape index (κ2) is 5.24. The van der Waals surface area contributed by atoms with Gasteiger partial charge in [-0.1, -0.05) is 34.6 Å². The predicted molar refractivity (Wildman–Crippen MR) is 60.6 cm³/mol. The van der Waals surface area contributed by atoms with E-state index in [-0.39, 0.29) is 0 Å². The highest BCUT2D eigenvalue weighted by atomic mass is 31.1. The maximum atomic E-state index is 5.10. The molecule has 0 aliphatic carbocycles. The van der Waals surface area contributed by atoms with Crippen molar-refractivity contribution in [3.05, 3.63) is 24.3 Å². The van der Waals surface area contributed by atoms with E-state index in [2.05, 4.69) is 26.0 Å². The van der Waals surface area contributed by atoms with Gasteiger partial charge in [-0.15, -0.1) is 0 Å². The first-order chi connectivity index (χ1) is 6.22. The molecule has 0 aliphatic heterocycles. The van der Waals surface area contributed by atoms with Crippen molar-refractivity contribution in [1.82, 2.24) is 0 Å². The third kappa shape index (κ3) is 3.78. The first-order valence-electron chi connectivity index (χ1n) is 4.60. The van der Waals surface area contributed by atoms with Crippen LogP contribution in [0.25, 0.3) is 0 Å². The molecule has 0 N–H and O–H groups in total. The number of rotatable bonds is 4. The topological polar surface area (TPSA) is 9.23 Å². The Labute approximate surface area is 82.3 Å². The fraction of sp³-hybridized carbons (Fsp3) is 0.455. The molecule has 0 saturated carbocycles. The van der Waals surface area contributed by atoms with Crippen molar-refractivity contribution in [3.63, 3.8) is 0 Å². The van der Waals surface area contributed by atoms with Crippen LogP contribution >= 0.6 is 8.58 Å². The summed E-state index contributed by atoms with van der Waals surface area (Å²) in [4.78, 5) is 0. The van der Waals surface area contributed by atoms with E-state index in [0.717, 1.165) is 20.2 Å². The van der Waals surface area contributed by atoms with Crippen LogP contribution in [-0.2, 0) is 0 Å². The highest BCUT2D eigenvalue weighted by Gasteiger charge is 1.96. The zero-order valence-electron chi connectivity index (χ0n) is 8.50. The summed E-state index contributed by atoms with van der Waals surface area (Å²) in [6, 6.07) is 8.37. The first kappa shape index (κ1) is 10.5. The zero-order valence-corrected chi connectivity index (χ0v) is 9.50. The van der Waals surface area contributed by atoms with E-state index in [1.54, 1.807) is 7.11 Å². The van der Waals surface area contributed by atoms with E-state index in [1.165, 1.54) is 11.5 Å². The molecule has 0 radical (unpaired) electrons. The highest BCUT2D eigenvalue weighted by molar-refractivity contribution is 7.47. The Morgan fingerprint density at radius 3 is 2.31 bits per heavy atom. The third-order valence-electron chi connectivity index (χ3n) is 1.80. The molecule has 0 bridgehead atoms. The van der Waals surface area contributed by atoms with Crippen LogP contribution < -0.4 is 10.0 Å². The lowest BCUT2D eigenvalue weighted by Crippen LogP contribution is -1.98. The molecule has 1 aromatic rings. The quantitative estimate of drug-likeness (QED) is 0.673. The number of ether oxygens (including phenoxy) is 1. The summed E-state index contributed by atoms with van der Waals surface area (Å²) in [6.45, 7) is 4.52.